The lowest BCUT2D eigenvalue weighted by atomic mass is 10.0. The summed E-state index contributed by atoms with van der Waals surface area (Å²) in [6, 6.07) is -0.918. The van der Waals surface area contributed by atoms with Crippen LogP contribution in [0.4, 0.5) is 5.13 Å². The molecule has 0 bridgehead atoms. The van der Waals surface area contributed by atoms with Crippen molar-refractivity contribution in [3.05, 3.63) is 34.1 Å². The first-order chi connectivity index (χ1) is 17.8. The van der Waals surface area contributed by atoms with E-state index in [0.717, 1.165) is 26.6 Å². The summed E-state index contributed by atoms with van der Waals surface area (Å²) in [7, 11) is 1.28. The van der Waals surface area contributed by atoms with E-state index in [2.05, 4.69) is 25.6 Å². The lowest BCUT2D eigenvalue weighted by molar-refractivity contribution is -0.150. The number of amidine groups is 1. The van der Waals surface area contributed by atoms with Gasteiger partial charge in [0, 0.05) is 22.6 Å². The standard InChI is InChI=1S/C20H20N8O5S4/c1-8-3-4-27-19(22-8)37-20(25-27)36-6-9-5-34-16-12(15(30)28(16)13(9)17(31)32)24-14(29)11(26-33-2)10-7-35-18(21)23-10/h3,7,12,16H,4-6H2,1-2H3,(H2,21,23)(H,24,29)(H,31,32)/t12-,16-/m1/s1. The Morgan fingerprint density at radius 3 is 2.95 bits per heavy atom. The summed E-state index contributed by atoms with van der Waals surface area (Å²) >= 11 is 5.36. The van der Waals surface area contributed by atoms with Gasteiger partial charge in [0.1, 0.15) is 29.9 Å². The number of nitrogens with one attached hydrogen (secondary N) is 1. The number of fused-ring (bicyclic) bond motifs is 2. The first-order valence-electron chi connectivity index (χ1n) is 10.7. The van der Waals surface area contributed by atoms with Crippen molar-refractivity contribution >= 4 is 84.8 Å². The third-order valence-electron chi connectivity index (χ3n) is 5.50. The van der Waals surface area contributed by atoms with Gasteiger partial charge < -0.3 is 21.0 Å². The number of carboxylic acids is 1. The number of nitrogen functional groups attached to an aromatic ring is 1. The maximum atomic E-state index is 13.0. The topological polar surface area (TPSA) is 175 Å². The number of allylic oxidation sites excluding steroid dienone is 1. The van der Waals surface area contributed by atoms with Crippen LogP contribution in [-0.4, -0.2) is 89.6 Å². The Bertz CT molecular complexity index is 1340. The zero-order chi connectivity index (χ0) is 26.3. The monoisotopic (exact) mass is 580 g/mol. The summed E-state index contributed by atoms with van der Waals surface area (Å²) in [4.78, 5) is 52.6. The molecule has 17 heteroatoms. The van der Waals surface area contributed by atoms with Gasteiger partial charge in [0.25, 0.3) is 11.8 Å². The minimum Gasteiger partial charge on any atom is -0.477 e. The van der Waals surface area contributed by atoms with Gasteiger partial charge in [-0.15, -0.1) is 23.1 Å². The minimum atomic E-state index is -1.19. The Morgan fingerprint density at radius 1 is 1.43 bits per heavy atom. The number of oxime groups is 1. The second-order valence-electron chi connectivity index (χ2n) is 7.89. The van der Waals surface area contributed by atoms with E-state index in [1.165, 1.54) is 47.3 Å². The van der Waals surface area contributed by atoms with Crippen molar-refractivity contribution in [3.63, 3.8) is 0 Å². The molecule has 2 atom stereocenters. The van der Waals surface area contributed by atoms with Crippen LogP contribution in [0, 0.1) is 0 Å². The molecule has 0 unspecified atom stereocenters. The number of anilines is 1. The van der Waals surface area contributed by atoms with E-state index >= 15 is 0 Å². The van der Waals surface area contributed by atoms with E-state index in [1.807, 2.05) is 13.0 Å². The highest BCUT2D eigenvalue weighted by Gasteiger charge is 2.54. The Hall–Kier alpha value is -3.02. The number of amides is 2. The second-order valence-corrected chi connectivity index (χ2v) is 12.1. The molecule has 1 fully saturated rings. The van der Waals surface area contributed by atoms with Crippen LogP contribution < -0.4 is 11.1 Å². The van der Waals surface area contributed by atoms with Crippen LogP contribution in [0.15, 0.2) is 43.7 Å². The lowest BCUT2D eigenvalue weighted by Crippen LogP contribution is -2.71. The Kier molecular flexibility index (Phi) is 7.19. The fourth-order valence-corrected chi connectivity index (χ4v) is 7.87. The van der Waals surface area contributed by atoms with Crippen molar-refractivity contribution < 1.29 is 24.3 Å². The average molecular weight is 581 g/mol. The van der Waals surface area contributed by atoms with Gasteiger partial charge in [-0.2, -0.15) is 5.10 Å². The number of hydrogen-bond acceptors (Lipinski definition) is 14. The van der Waals surface area contributed by atoms with Gasteiger partial charge in [0.05, 0.1) is 6.54 Å². The summed E-state index contributed by atoms with van der Waals surface area (Å²) in [6.45, 7) is 2.57. The molecular formula is C20H20N8O5S4. The van der Waals surface area contributed by atoms with E-state index in [1.54, 1.807) is 10.4 Å². The summed E-state index contributed by atoms with van der Waals surface area (Å²) in [5.74, 6) is -1.63. The predicted octanol–water partition coefficient (Wildman–Crippen LogP) is 1.14. The van der Waals surface area contributed by atoms with Gasteiger partial charge in [0.15, 0.2) is 20.4 Å². The van der Waals surface area contributed by atoms with E-state index in [4.69, 9.17) is 10.6 Å². The molecule has 0 spiro atoms. The predicted molar refractivity (Wildman–Crippen MR) is 145 cm³/mol. The van der Waals surface area contributed by atoms with Gasteiger partial charge in [-0.1, -0.05) is 16.9 Å². The molecule has 1 aromatic rings. The number of aromatic nitrogens is 1. The number of nitrogens with zero attached hydrogens (tertiary/aromatic N) is 6. The number of carboxylic acid groups (broad SMARTS) is 1. The fraction of sp³-hybridized carbons (Fsp3) is 0.350. The summed E-state index contributed by atoms with van der Waals surface area (Å²) in [5, 5.41) is 24.7. The number of carbonyl (C=O) groups excluding carboxylic acids is 2. The number of hydrogen-bond donors (Lipinski definition) is 3. The second kappa shape index (κ2) is 10.4. The number of carbonyl (C=O) groups is 3. The third-order valence-corrected chi connectivity index (χ3v) is 9.68. The first-order valence-corrected chi connectivity index (χ1v) is 14.5. The largest absolute Gasteiger partial charge is 0.477 e. The number of β-lactam (4-membered cyclic amide) rings is 1. The van der Waals surface area contributed by atoms with Gasteiger partial charge in [0.2, 0.25) is 0 Å². The molecule has 13 nitrogen and oxygen atoms in total. The molecule has 1 saturated heterocycles. The van der Waals surface area contributed by atoms with Gasteiger partial charge in [-0.05, 0) is 30.3 Å². The summed E-state index contributed by atoms with van der Waals surface area (Å²) < 4.78 is 0.763. The van der Waals surface area contributed by atoms with Crippen molar-refractivity contribution in [1.82, 2.24) is 20.2 Å². The van der Waals surface area contributed by atoms with Crippen LogP contribution in [0.25, 0.3) is 0 Å². The molecule has 0 radical (unpaired) electrons. The van der Waals surface area contributed by atoms with E-state index < -0.39 is 29.2 Å². The van der Waals surface area contributed by atoms with Crippen LogP contribution in [0.5, 0.6) is 0 Å². The first kappa shape index (κ1) is 25.6. The molecule has 37 heavy (non-hydrogen) atoms. The summed E-state index contributed by atoms with van der Waals surface area (Å²) in [6.07, 6.45) is 1.98. The van der Waals surface area contributed by atoms with Crippen LogP contribution in [-0.2, 0) is 19.2 Å². The molecule has 0 saturated carbocycles. The van der Waals surface area contributed by atoms with Gasteiger partial charge >= 0.3 is 5.97 Å². The summed E-state index contributed by atoms with van der Waals surface area (Å²) in [5.41, 5.74) is 7.23. The maximum Gasteiger partial charge on any atom is 0.352 e. The van der Waals surface area contributed by atoms with Crippen LogP contribution >= 0.6 is 46.6 Å². The number of nitrogens with two attached hydrogens (primary N) is 1. The van der Waals surface area contributed by atoms with Crippen LogP contribution in [0.1, 0.15) is 12.6 Å². The average Bonchev–Trinajstić information content (AvgIpc) is 3.48. The molecule has 4 N–H and O–H groups in total. The molecule has 4 aliphatic heterocycles. The molecule has 2 amide bonds. The van der Waals surface area contributed by atoms with Crippen LogP contribution in [0.2, 0.25) is 0 Å². The number of rotatable bonds is 7. The highest BCUT2D eigenvalue weighted by Crippen LogP contribution is 2.42. The van der Waals surface area contributed by atoms with Crippen LogP contribution in [0.3, 0.4) is 0 Å². The molecule has 0 aromatic carbocycles. The van der Waals surface area contributed by atoms with Crippen molar-refractivity contribution in [3.8, 4) is 0 Å². The molecular weight excluding hydrogens is 561 g/mol. The normalized spacial score (nSPS) is 23.0. The van der Waals surface area contributed by atoms with Crippen molar-refractivity contribution in [2.45, 2.75) is 18.3 Å². The zero-order valence-electron chi connectivity index (χ0n) is 19.4. The maximum absolute atomic E-state index is 13.0. The Morgan fingerprint density at radius 2 is 2.24 bits per heavy atom. The molecule has 1 aromatic heterocycles. The van der Waals surface area contributed by atoms with Crippen molar-refractivity contribution in [2.75, 3.05) is 30.9 Å². The molecule has 194 valence electrons. The highest BCUT2D eigenvalue weighted by molar-refractivity contribution is 8.45. The number of aliphatic carboxylic acids is 1. The molecule has 0 aliphatic carbocycles. The van der Waals surface area contributed by atoms with E-state index in [0.29, 0.717) is 23.6 Å². The number of thioether (sulfide) groups is 3. The Balaban J connectivity index is 1.27. The van der Waals surface area contributed by atoms with Gasteiger partial charge in [-0.3, -0.25) is 14.5 Å². The number of thiazole rings is 1. The van der Waals surface area contributed by atoms with Crippen molar-refractivity contribution in [2.24, 2.45) is 15.2 Å². The fourth-order valence-electron chi connectivity index (χ4n) is 3.81. The molecule has 4 aliphatic rings. The Labute approximate surface area is 227 Å². The zero-order valence-corrected chi connectivity index (χ0v) is 22.7. The minimum absolute atomic E-state index is 0.0547. The lowest BCUT2D eigenvalue weighted by Gasteiger charge is -2.49. The van der Waals surface area contributed by atoms with E-state index in [9.17, 15) is 19.5 Å². The smallest absolute Gasteiger partial charge is 0.352 e. The molecule has 5 heterocycles. The third kappa shape index (κ3) is 4.95. The quantitative estimate of drug-likeness (QED) is 0.240. The highest BCUT2D eigenvalue weighted by atomic mass is 32.2. The van der Waals surface area contributed by atoms with Crippen molar-refractivity contribution in [1.29, 1.82) is 0 Å². The SMILES string of the molecule is CON=C(C(=O)N[C@@H]1C(=O)N2C(C(=O)O)=C(CSC3=NN4CC=C(C)N=C4S3)CS[C@H]12)c1csc(N)n1. The number of aliphatic imine (C=N–C) groups is 1. The molecule has 5 rings (SSSR count). The van der Waals surface area contributed by atoms with Gasteiger partial charge in [-0.25, -0.2) is 19.8 Å². The number of hydrazone groups is 1. The van der Waals surface area contributed by atoms with E-state index in [-0.39, 0.29) is 22.2 Å².